The van der Waals surface area contributed by atoms with Gasteiger partial charge in [-0.2, -0.15) is 0 Å². The first-order valence-electron chi connectivity index (χ1n) is 5.73. The van der Waals surface area contributed by atoms with Crippen LogP contribution in [-0.2, 0) is 11.2 Å². The van der Waals surface area contributed by atoms with E-state index >= 15 is 0 Å². The lowest BCUT2D eigenvalue weighted by atomic mass is 10.0. The van der Waals surface area contributed by atoms with Crippen LogP contribution in [0.2, 0.25) is 0 Å². The number of aryl methyl sites for hydroxylation is 1. The van der Waals surface area contributed by atoms with Crippen LogP contribution in [0.3, 0.4) is 0 Å². The fourth-order valence-electron chi connectivity index (χ4n) is 2.01. The van der Waals surface area contributed by atoms with Crippen LogP contribution in [0, 0.1) is 0 Å². The number of hydrogen-bond acceptors (Lipinski definition) is 2. The van der Waals surface area contributed by atoms with Crippen LogP contribution in [0.15, 0.2) is 36.4 Å². The van der Waals surface area contributed by atoms with Crippen molar-refractivity contribution in [3.8, 4) is 0 Å². The maximum atomic E-state index is 10.7. The summed E-state index contributed by atoms with van der Waals surface area (Å²) in [5, 5.41) is 2.22. The zero-order valence-electron chi connectivity index (χ0n) is 9.65. The normalized spacial score (nSPS) is 10.6. The summed E-state index contributed by atoms with van der Waals surface area (Å²) in [6.45, 7) is 0. The molecule has 1 amide bonds. The number of carbonyl (C=O) groups excluding carboxylic acids is 1. The molecule has 2 aromatic carbocycles. The molecule has 0 bridgehead atoms. The molecule has 2 rings (SSSR count). The number of anilines is 1. The van der Waals surface area contributed by atoms with Crippen LogP contribution >= 0.6 is 0 Å². The zero-order chi connectivity index (χ0) is 12.3. The van der Waals surface area contributed by atoms with Crippen molar-refractivity contribution in [2.75, 3.05) is 5.73 Å². The lowest BCUT2D eigenvalue weighted by Crippen LogP contribution is -2.10. The number of carbonyl (C=O) groups is 1. The molecule has 0 atom stereocenters. The third-order valence-electron chi connectivity index (χ3n) is 2.93. The maximum Gasteiger partial charge on any atom is 0.217 e. The Hall–Kier alpha value is -2.03. The minimum Gasteiger partial charge on any atom is -0.398 e. The molecule has 0 aromatic heterocycles. The first-order chi connectivity index (χ1) is 8.18. The minimum absolute atomic E-state index is 0.260. The summed E-state index contributed by atoms with van der Waals surface area (Å²) in [6.07, 6.45) is 1.95. The summed E-state index contributed by atoms with van der Waals surface area (Å²) < 4.78 is 0. The van der Waals surface area contributed by atoms with Gasteiger partial charge in [0, 0.05) is 17.5 Å². The molecule has 0 unspecified atom stereocenters. The molecule has 0 saturated carbocycles. The summed E-state index contributed by atoms with van der Waals surface area (Å²) >= 11 is 0. The Morgan fingerprint density at radius 3 is 2.65 bits per heavy atom. The van der Waals surface area contributed by atoms with Crippen molar-refractivity contribution in [2.45, 2.75) is 19.3 Å². The largest absolute Gasteiger partial charge is 0.398 e. The Morgan fingerprint density at radius 2 is 1.88 bits per heavy atom. The number of benzene rings is 2. The molecule has 17 heavy (non-hydrogen) atoms. The maximum absolute atomic E-state index is 10.7. The minimum atomic E-state index is -0.260. The molecule has 0 spiro atoms. The molecule has 2 aromatic rings. The van der Waals surface area contributed by atoms with E-state index in [9.17, 15) is 4.79 Å². The van der Waals surface area contributed by atoms with E-state index in [4.69, 9.17) is 11.5 Å². The molecule has 0 radical (unpaired) electrons. The van der Waals surface area contributed by atoms with E-state index in [1.807, 2.05) is 30.3 Å². The first-order valence-corrected chi connectivity index (χ1v) is 5.73. The third kappa shape index (κ3) is 2.56. The second kappa shape index (κ2) is 4.87. The van der Waals surface area contributed by atoms with Gasteiger partial charge >= 0.3 is 0 Å². The fraction of sp³-hybridized carbons (Fsp3) is 0.214. The van der Waals surface area contributed by atoms with Crippen LogP contribution in [0.25, 0.3) is 10.8 Å². The summed E-state index contributed by atoms with van der Waals surface area (Å²) in [7, 11) is 0. The summed E-state index contributed by atoms with van der Waals surface area (Å²) in [4.78, 5) is 10.7. The van der Waals surface area contributed by atoms with Crippen LogP contribution in [0.4, 0.5) is 5.69 Å². The highest BCUT2D eigenvalue weighted by molar-refractivity contribution is 5.94. The van der Waals surface area contributed by atoms with E-state index in [0.717, 1.165) is 34.9 Å². The Balaban J connectivity index is 2.23. The highest BCUT2D eigenvalue weighted by Gasteiger charge is 2.04. The van der Waals surface area contributed by atoms with Gasteiger partial charge in [-0.3, -0.25) is 4.79 Å². The average Bonchev–Trinajstić information content (AvgIpc) is 2.32. The van der Waals surface area contributed by atoms with Gasteiger partial charge in [0.25, 0.3) is 0 Å². The molecular formula is C14H16N2O. The van der Waals surface area contributed by atoms with E-state index < -0.39 is 0 Å². The Morgan fingerprint density at radius 1 is 1.12 bits per heavy atom. The van der Waals surface area contributed by atoms with E-state index in [1.54, 1.807) is 0 Å². The lowest BCUT2D eigenvalue weighted by molar-refractivity contribution is -0.118. The zero-order valence-corrected chi connectivity index (χ0v) is 9.65. The molecule has 3 heteroatoms. The van der Waals surface area contributed by atoms with Crippen molar-refractivity contribution < 1.29 is 4.79 Å². The quantitative estimate of drug-likeness (QED) is 0.788. The van der Waals surface area contributed by atoms with Crippen molar-refractivity contribution in [2.24, 2.45) is 5.73 Å². The van der Waals surface area contributed by atoms with Crippen LogP contribution < -0.4 is 11.5 Å². The highest BCUT2D eigenvalue weighted by Crippen LogP contribution is 2.25. The topological polar surface area (TPSA) is 69.1 Å². The molecule has 0 fully saturated rings. The van der Waals surface area contributed by atoms with Crippen LogP contribution in [-0.4, -0.2) is 5.91 Å². The number of fused-ring (bicyclic) bond motifs is 1. The van der Waals surface area contributed by atoms with E-state index in [2.05, 4.69) is 6.07 Å². The number of hydrogen-bond donors (Lipinski definition) is 2. The molecule has 88 valence electrons. The smallest absolute Gasteiger partial charge is 0.217 e. The van der Waals surface area contributed by atoms with Gasteiger partial charge < -0.3 is 11.5 Å². The fourth-order valence-corrected chi connectivity index (χ4v) is 2.01. The van der Waals surface area contributed by atoms with Gasteiger partial charge in [-0.25, -0.2) is 0 Å². The molecule has 0 aliphatic rings. The van der Waals surface area contributed by atoms with Gasteiger partial charge in [0.05, 0.1) is 0 Å². The number of nitrogen functional groups attached to an aromatic ring is 1. The number of rotatable bonds is 4. The molecule has 0 heterocycles. The molecule has 4 N–H and O–H groups in total. The van der Waals surface area contributed by atoms with Gasteiger partial charge in [-0.1, -0.05) is 36.4 Å². The van der Waals surface area contributed by atoms with Crippen molar-refractivity contribution in [1.29, 1.82) is 0 Å². The highest BCUT2D eigenvalue weighted by atomic mass is 16.1. The third-order valence-corrected chi connectivity index (χ3v) is 2.93. The van der Waals surface area contributed by atoms with E-state index in [-0.39, 0.29) is 5.91 Å². The average molecular weight is 228 g/mol. The number of nitrogens with two attached hydrogens (primary N) is 2. The predicted molar refractivity (Wildman–Crippen MR) is 70.5 cm³/mol. The monoisotopic (exact) mass is 228 g/mol. The molecule has 0 aliphatic heterocycles. The Labute approximate surface area is 100 Å². The van der Waals surface area contributed by atoms with Gasteiger partial charge in [0.2, 0.25) is 5.91 Å². The summed E-state index contributed by atoms with van der Waals surface area (Å²) in [5.74, 6) is -0.260. The Kier molecular flexibility index (Phi) is 3.28. The van der Waals surface area contributed by atoms with Crippen molar-refractivity contribution >= 4 is 22.4 Å². The van der Waals surface area contributed by atoms with Crippen molar-refractivity contribution in [3.63, 3.8) is 0 Å². The first kappa shape index (κ1) is 11.5. The molecular weight excluding hydrogens is 212 g/mol. The lowest BCUT2D eigenvalue weighted by Gasteiger charge is -2.08. The standard InChI is InChI=1S/C14H16N2O/c15-13(17)7-3-5-11-9-8-10-4-1-2-6-12(10)14(11)16/h1-2,4,6,8-9H,3,5,7,16H2,(H2,15,17). The van der Waals surface area contributed by atoms with Crippen LogP contribution in [0.1, 0.15) is 18.4 Å². The van der Waals surface area contributed by atoms with E-state index in [1.165, 1.54) is 0 Å². The predicted octanol–water partition coefficient (Wildman–Crippen LogP) is 2.23. The molecule has 0 aliphatic carbocycles. The molecule has 3 nitrogen and oxygen atoms in total. The number of primary amides is 1. The number of amides is 1. The van der Waals surface area contributed by atoms with Crippen LogP contribution in [0.5, 0.6) is 0 Å². The van der Waals surface area contributed by atoms with Gasteiger partial charge in [-0.15, -0.1) is 0 Å². The molecule has 0 saturated heterocycles. The SMILES string of the molecule is NC(=O)CCCc1ccc2ccccc2c1N. The van der Waals surface area contributed by atoms with Gasteiger partial charge in [0.15, 0.2) is 0 Å². The summed E-state index contributed by atoms with van der Waals surface area (Å²) in [6, 6.07) is 12.1. The van der Waals surface area contributed by atoms with E-state index in [0.29, 0.717) is 6.42 Å². The van der Waals surface area contributed by atoms with Crippen molar-refractivity contribution in [1.82, 2.24) is 0 Å². The Bertz CT molecular complexity index is 549. The summed E-state index contributed by atoms with van der Waals surface area (Å²) in [5.41, 5.74) is 13.1. The second-order valence-electron chi connectivity index (χ2n) is 4.18. The van der Waals surface area contributed by atoms with Gasteiger partial charge in [0.1, 0.15) is 0 Å². The van der Waals surface area contributed by atoms with Gasteiger partial charge in [-0.05, 0) is 23.8 Å². The second-order valence-corrected chi connectivity index (χ2v) is 4.18. The van der Waals surface area contributed by atoms with Crippen molar-refractivity contribution in [3.05, 3.63) is 42.0 Å².